The Balaban J connectivity index is 1.46. The highest BCUT2D eigenvalue weighted by Crippen LogP contribution is 2.47. The third-order valence-corrected chi connectivity index (χ3v) is 9.27. The molecule has 0 bridgehead atoms. The summed E-state index contributed by atoms with van der Waals surface area (Å²) < 4.78 is 23.2. The minimum Gasteiger partial charge on any atom is -0.343 e. The monoisotopic (exact) mass is 444 g/mol. The summed E-state index contributed by atoms with van der Waals surface area (Å²) in [6.07, 6.45) is 9.58. The van der Waals surface area contributed by atoms with Crippen LogP contribution in [-0.4, -0.2) is 48.3 Å². The summed E-state index contributed by atoms with van der Waals surface area (Å²) in [5, 5.41) is 20.8. The highest BCUT2D eigenvalue weighted by atomic mass is 32.2. The van der Waals surface area contributed by atoms with Crippen molar-refractivity contribution in [2.45, 2.75) is 86.9 Å². The highest BCUT2D eigenvalue weighted by Gasteiger charge is 2.45. The lowest BCUT2D eigenvalue weighted by Crippen LogP contribution is -2.39. The standard InChI is InChI=1S/C18H32N6O3S2/c1-24(15-6-3-2-4-7-15)17(25)8-5-13-28-18(20-22-23-21-18)14-9-11-16(12-10-14)29(19,26)27/h14-16H,2-13H2,1H3,(H2,19,26,27). The summed E-state index contributed by atoms with van der Waals surface area (Å²) >= 11 is 1.56. The van der Waals surface area contributed by atoms with Crippen LogP contribution < -0.4 is 5.14 Å². The second-order valence-corrected chi connectivity index (χ2v) is 11.5. The molecule has 0 unspecified atom stereocenters. The first-order valence-corrected chi connectivity index (χ1v) is 13.2. The molecule has 1 aliphatic heterocycles. The normalized spacial score (nSPS) is 27.2. The van der Waals surface area contributed by atoms with Gasteiger partial charge in [0.2, 0.25) is 20.9 Å². The predicted octanol–water partition coefficient (Wildman–Crippen LogP) is 3.63. The SMILES string of the molecule is CN(C(=O)CCCSC1(C2CCC(S(N)(=O)=O)CC2)N=NN=N1)C1CCCCC1. The maximum atomic E-state index is 12.5. The molecule has 2 aliphatic carbocycles. The van der Waals surface area contributed by atoms with E-state index in [1.807, 2.05) is 11.9 Å². The maximum Gasteiger partial charge on any atom is 0.243 e. The van der Waals surface area contributed by atoms with Crippen LogP contribution in [0.1, 0.15) is 70.6 Å². The van der Waals surface area contributed by atoms with Crippen LogP contribution in [0, 0.1) is 5.92 Å². The average molecular weight is 445 g/mol. The Hall–Kier alpha value is -1.07. The molecule has 3 aliphatic rings. The molecule has 0 aromatic rings. The van der Waals surface area contributed by atoms with E-state index < -0.39 is 20.3 Å². The fraction of sp³-hybridized carbons (Fsp3) is 0.944. The van der Waals surface area contributed by atoms with Crippen molar-refractivity contribution < 1.29 is 13.2 Å². The minimum atomic E-state index is -3.50. The molecule has 29 heavy (non-hydrogen) atoms. The van der Waals surface area contributed by atoms with Gasteiger partial charge in [0.05, 0.1) is 5.25 Å². The van der Waals surface area contributed by atoms with E-state index in [4.69, 9.17) is 5.14 Å². The number of primary sulfonamides is 1. The zero-order chi connectivity index (χ0) is 20.9. The molecule has 0 saturated heterocycles. The van der Waals surface area contributed by atoms with Crippen molar-refractivity contribution in [1.82, 2.24) is 4.90 Å². The van der Waals surface area contributed by atoms with Gasteiger partial charge >= 0.3 is 0 Å². The topological polar surface area (TPSA) is 130 Å². The van der Waals surface area contributed by atoms with Gasteiger partial charge in [0.1, 0.15) is 0 Å². The van der Waals surface area contributed by atoms with E-state index in [9.17, 15) is 13.2 Å². The molecule has 2 fully saturated rings. The van der Waals surface area contributed by atoms with Gasteiger partial charge in [-0.3, -0.25) is 4.79 Å². The molecule has 0 aromatic carbocycles. The van der Waals surface area contributed by atoms with Crippen LogP contribution in [0.4, 0.5) is 0 Å². The van der Waals surface area contributed by atoms with Gasteiger partial charge in [0.15, 0.2) is 0 Å². The molecule has 1 amide bonds. The molecule has 1 heterocycles. The molecule has 0 spiro atoms. The van der Waals surface area contributed by atoms with Crippen LogP contribution in [0.25, 0.3) is 0 Å². The van der Waals surface area contributed by atoms with Gasteiger partial charge in [-0.25, -0.2) is 13.6 Å². The van der Waals surface area contributed by atoms with E-state index in [1.165, 1.54) is 19.3 Å². The molecule has 9 nitrogen and oxygen atoms in total. The second-order valence-electron chi connectivity index (χ2n) is 8.35. The number of sulfonamides is 1. The number of hydrogen-bond acceptors (Lipinski definition) is 8. The number of thioether (sulfide) groups is 1. The van der Waals surface area contributed by atoms with Crippen molar-refractivity contribution in [1.29, 1.82) is 0 Å². The summed E-state index contributed by atoms with van der Waals surface area (Å²) in [7, 11) is -1.57. The largest absolute Gasteiger partial charge is 0.343 e. The van der Waals surface area contributed by atoms with Crippen molar-refractivity contribution in [2.75, 3.05) is 12.8 Å². The molecule has 0 radical (unpaired) electrons. The Morgan fingerprint density at radius 3 is 2.28 bits per heavy atom. The molecule has 2 N–H and O–H groups in total. The van der Waals surface area contributed by atoms with Crippen molar-refractivity contribution in [2.24, 2.45) is 31.7 Å². The Kier molecular flexibility index (Phi) is 7.66. The average Bonchev–Trinajstić information content (AvgIpc) is 3.21. The predicted molar refractivity (Wildman–Crippen MR) is 113 cm³/mol. The molecular formula is C18H32N6O3S2. The molecule has 0 atom stereocenters. The third kappa shape index (κ3) is 5.75. The van der Waals surface area contributed by atoms with Gasteiger partial charge in [-0.1, -0.05) is 19.3 Å². The van der Waals surface area contributed by atoms with Gasteiger partial charge in [0, 0.05) is 25.4 Å². The number of carbonyl (C=O) groups is 1. The zero-order valence-electron chi connectivity index (χ0n) is 17.1. The van der Waals surface area contributed by atoms with E-state index in [-0.39, 0.29) is 11.8 Å². The maximum absolute atomic E-state index is 12.5. The van der Waals surface area contributed by atoms with Crippen LogP contribution in [0.5, 0.6) is 0 Å². The van der Waals surface area contributed by atoms with Gasteiger partial charge in [0.25, 0.3) is 0 Å². The van der Waals surface area contributed by atoms with E-state index in [2.05, 4.69) is 20.7 Å². The Morgan fingerprint density at radius 1 is 1.07 bits per heavy atom. The quantitative estimate of drug-likeness (QED) is 0.573. The number of hydrogen-bond donors (Lipinski definition) is 1. The Morgan fingerprint density at radius 2 is 1.69 bits per heavy atom. The number of nitrogens with zero attached hydrogens (tertiary/aromatic N) is 5. The minimum absolute atomic E-state index is 0.0844. The molecular weight excluding hydrogens is 412 g/mol. The van der Waals surface area contributed by atoms with E-state index in [1.54, 1.807) is 11.8 Å². The Labute approximate surface area is 177 Å². The first-order chi connectivity index (χ1) is 13.8. The molecule has 164 valence electrons. The second kappa shape index (κ2) is 9.82. The number of amides is 1. The van der Waals surface area contributed by atoms with Crippen LogP contribution in [-0.2, 0) is 14.8 Å². The first kappa shape index (κ1) is 22.6. The Bertz CT molecular complexity index is 716. The zero-order valence-corrected chi connectivity index (χ0v) is 18.7. The van der Waals surface area contributed by atoms with Crippen molar-refractivity contribution in [3.8, 4) is 0 Å². The van der Waals surface area contributed by atoms with Crippen LogP contribution >= 0.6 is 11.8 Å². The van der Waals surface area contributed by atoms with Gasteiger partial charge in [-0.05, 0) is 61.1 Å². The summed E-state index contributed by atoms with van der Waals surface area (Å²) in [5.41, 5.74) is 0. The summed E-state index contributed by atoms with van der Waals surface area (Å²) in [5.74, 6) is 1.02. The lowest BCUT2D eigenvalue weighted by molar-refractivity contribution is -0.132. The molecule has 0 aromatic heterocycles. The van der Waals surface area contributed by atoms with E-state index >= 15 is 0 Å². The van der Waals surface area contributed by atoms with E-state index in [0.29, 0.717) is 38.1 Å². The number of carbonyl (C=O) groups excluding carboxylic acids is 1. The van der Waals surface area contributed by atoms with Crippen LogP contribution in [0.3, 0.4) is 0 Å². The van der Waals surface area contributed by atoms with Gasteiger partial charge in [-0.15, -0.1) is 22.0 Å². The first-order valence-electron chi connectivity index (χ1n) is 10.6. The summed E-state index contributed by atoms with van der Waals surface area (Å²) in [6, 6.07) is 0.390. The fourth-order valence-electron chi connectivity index (χ4n) is 4.59. The number of rotatable bonds is 8. The fourth-order valence-corrected chi connectivity index (χ4v) is 6.77. The van der Waals surface area contributed by atoms with Gasteiger partial charge < -0.3 is 4.90 Å². The van der Waals surface area contributed by atoms with Gasteiger partial charge in [-0.2, -0.15) is 0 Å². The summed E-state index contributed by atoms with van der Waals surface area (Å²) in [6.45, 7) is 0. The smallest absolute Gasteiger partial charge is 0.243 e. The van der Waals surface area contributed by atoms with Crippen molar-refractivity contribution in [3.63, 3.8) is 0 Å². The third-order valence-electron chi connectivity index (χ3n) is 6.45. The van der Waals surface area contributed by atoms with Crippen LogP contribution in [0.2, 0.25) is 0 Å². The molecule has 3 rings (SSSR count). The molecule has 2 saturated carbocycles. The van der Waals surface area contributed by atoms with E-state index in [0.717, 1.165) is 25.0 Å². The highest BCUT2D eigenvalue weighted by molar-refractivity contribution is 8.00. The molecule has 11 heteroatoms. The number of nitrogens with two attached hydrogens (primary N) is 1. The van der Waals surface area contributed by atoms with Crippen LogP contribution in [0.15, 0.2) is 20.7 Å². The van der Waals surface area contributed by atoms with Crippen molar-refractivity contribution in [3.05, 3.63) is 0 Å². The lowest BCUT2D eigenvalue weighted by Gasteiger charge is -2.34. The lowest BCUT2D eigenvalue weighted by atomic mass is 9.86. The van der Waals surface area contributed by atoms with Crippen molar-refractivity contribution >= 4 is 27.7 Å². The summed E-state index contributed by atoms with van der Waals surface area (Å²) in [4.78, 5) is 13.7.